The molecule has 2 aromatic rings. The van der Waals surface area contributed by atoms with Crippen molar-refractivity contribution in [3.63, 3.8) is 0 Å². The minimum absolute atomic E-state index is 0.184. The summed E-state index contributed by atoms with van der Waals surface area (Å²) >= 11 is 0. The van der Waals surface area contributed by atoms with Gasteiger partial charge in [-0.3, -0.25) is 0 Å². The lowest BCUT2D eigenvalue weighted by atomic mass is 9.64. The number of nitrogens with zero attached hydrogens (tertiary/aromatic N) is 1. The maximum absolute atomic E-state index is 13.5. The summed E-state index contributed by atoms with van der Waals surface area (Å²) in [7, 11) is 0. The Bertz CT molecular complexity index is 864. The fraction of sp³-hybridized carbons (Fsp3) is 0.409. The zero-order chi connectivity index (χ0) is 17.8. The molecular weight excluding hydrogens is 308 g/mol. The van der Waals surface area contributed by atoms with Gasteiger partial charge in [0.2, 0.25) is 0 Å². The molecule has 4 rings (SSSR count). The molecule has 25 heavy (non-hydrogen) atoms. The molecule has 0 saturated heterocycles. The molecule has 0 radical (unpaired) electrons. The zero-order valence-electron chi connectivity index (χ0n) is 15.5. The molecule has 0 fully saturated rings. The summed E-state index contributed by atoms with van der Waals surface area (Å²) in [6.45, 7) is 9.31. The van der Waals surface area contributed by atoms with E-state index in [1.807, 2.05) is 6.07 Å². The van der Waals surface area contributed by atoms with E-state index in [0.29, 0.717) is 0 Å². The lowest BCUT2D eigenvalue weighted by molar-refractivity contribution is -0.558. The molecule has 3 heteroatoms. The molecule has 0 bridgehead atoms. The van der Waals surface area contributed by atoms with Crippen LogP contribution in [0.5, 0.6) is 0 Å². The lowest BCUT2D eigenvalue weighted by Crippen LogP contribution is -2.57. The summed E-state index contributed by atoms with van der Waals surface area (Å²) in [6, 6.07) is 16.8. The average molecular weight is 334 g/mol. The Morgan fingerprint density at radius 2 is 1.68 bits per heavy atom. The first kappa shape index (κ1) is 16.2. The molecule has 2 aromatic carbocycles. The van der Waals surface area contributed by atoms with Gasteiger partial charge >= 0.3 is 0 Å². The van der Waals surface area contributed by atoms with Crippen LogP contribution in [0.1, 0.15) is 44.4 Å². The Balaban J connectivity index is 1.87. The van der Waals surface area contributed by atoms with Crippen molar-refractivity contribution < 1.29 is 4.74 Å². The topological polar surface area (TPSA) is 38.1 Å². The van der Waals surface area contributed by atoms with E-state index < -0.39 is 5.54 Å². The van der Waals surface area contributed by atoms with Crippen LogP contribution in [0.4, 0.5) is 5.69 Å². The van der Waals surface area contributed by atoms with Crippen LogP contribution in [0.3, 0.4) is 0 Å². The monoisotopic (exact) mass is 334 g/mol. The van der Waals surface area contributed by atoms with Crippen molar-refractivity contribution in [1.82, 2.24) is 0 Å². The molecular formula is C22H26N2O. The first-order chi connectivity index (χ1) is 11.8. The van der Waals surface area contributed by atoms with E-state index in [9.17, 15) is 5.21 Å². The van der Waals surface area contributed by atoms with E-state index in [2.05, 4.69) is 75.5 Å². The zero-order valence-corrected chi connectivity index (χ0v) is 15.5. The van der Waals surface area contributed by atoms with Gasteiger partial charge in [0, 0.05) is 31.6 Å². The van der Waals surface area contributed by atoms with Gasteiger partial charge in [-0.25, -0.2) is 4.74 Å². The first-order valence-electron chi connectivity index (χ1n) is 9.10. The molecule has 0 spiro atoms. The van der Waals surface area contributed by atoms with E-state index in [1.54, 1.807) is 0 Å². The Hall–Kier alpha value is -2.29. The van der Waals surface area contributed by atoms with Crippen LogP contribution in [-0.2, 0) is 11.8 Å². The molecule has 1 N–H and O–H groups in total. The van der Waals surface area contributed by atoms with Crippen LogP contribution in [-0.4, -0.2) is 22.5 Å². The number of hydroxylamine groups is 1. The van der Waals surface area contributed by atoms with Gasteiger partial charge in [-0.05, 0) is 43.5 Å². The van der Waals surface area contributed by atoms with Crippen LogP contribution >= 0.6 is 0 Å². The highest BCUT2D eigenvalue weighted by Gasteiger charge is 2.52. The fourth-order valence-corrected chi connectivity index (χ4v) is 4.27. The third-order valence-electron chi connectivity index (χ3n) is 6.54. The van der Waals surface area contributed by atoms with Crippen molar-refractivity contribution in [2.75, 3.05) is 11.9 Å². The van der Waals surface area contributed by atoms with Crippen molar-refractivity contribution in [2.24, 2.45) is 5.92 Å². The second-order valence-corrected chi connectivity index (χ2v) is 8.35. The van der Waals surface area contributed by atoms with Crippen LogP contribution in [0.2, 0.25) is 0 Å². The van der Waals surface area contributed by atoms with Crippen molar-refractivity contribution in [2.45, 2.75) is 45.1 Å². The molecule has 1 atom stereocenters. The van der Waals surface area contributed by atoms with Gasteiger partial charge in [-0.15, -0.1) is 0 Å². The molecule has 2 aliphatic rings. The maximum Gasteiger partial charge on any atom is 0.200 e. The standard InChI is InChI=1S/C22H26N2O/c1-21(2)18-11-7-6-10-17(18)20(24(25)22(21,3)4)16-13-15-9-5-8-12-19(15)23-14-16/h5-12,16,23H,13-14H2,1-4H3. The van der Waals surface area contributed by atoms with Crippen LogP contribution in [0, 0.1) is 11.1 Å². The van der Waals surface area contributed by atoms with E-state index in [-0.39, 0.29) is 11.3 Å². The number of hydrogen-bond donors (Lipinski definition) is 1. The molecule has 1 unspecified atom stereocenters. The second kappa shape index (κ2) is 5.35. The second-order valence-electron chi connectivity index (χ2n) is 8.35. The number of para-hydroxylation sites is 1. The number of rotatable bonds is 1. The lowest BCUT2D eigenvalue weighted by Gasteiger charge is -2.46. The highest BCUT2D eigenvalue weighted by Crippen LogP contribution is 2.44. The Labute approximate surface area is 150 Å². The van der Waals surface area contributed by atoms with Crippen LogP contribution < -0.4 is 5.32 Å². The SMILES string of the molecule is CC1(C)c2ccccc2C(C2CNc3ccccc3C2)=[N+]([O-])C1(C)C. The molecule has 2 aliphatic heterocycles. The van der Waals surface area contributed by atoms with Crippen molar-refractivity contribution in [3.8, 4) is 0 Å². The summed E-state index contributed by atoms with van der Waals surface area (Å²) in [5.74, 6) is 0.184. The van der Waals surface area contributed by atoms with Gasteiger partial charge in [0.05, 0.1) is 11.3 Å². The van der Waals surface area contributed by atoms with Crippen LogP contribution in [0.25, 0.3) is 0 Å². The molecule has 0 amide bonds. The summed E-state index contributed by atoms with van der Waals surface area (Å²) in [6.07, 6.45) is 0.905. The molecule has 0 aliphatic carbocycles. The highest BCUT2D eigenvalue weighted by molar-refractivity contribution is 6.02. The van der Waals surface area contributed by atoms with E-state index in [4.69, 9.17) is 0 Å². The summed E-state index contributed by atoms with van der Waals surface area (Å²) in [4.78, 5) is 0. The molecule has 3 nitrogen and oxygen atoms in total. The summed E-state index contributed by atoms with van der Waals surface area (Å²) < 4.78 is 1.30. The van der Waals surface area contributed by atoms with Crippen molar-refractivity contribution >= 4 is 11.4 Å². The van der Waals surface area contributed by atoms with E-state index in [0.717, 1.165) is 24.2 Å². The highest BCUT2D eigenvalue weighted by atomic mass is 16.5. The number of nitrogens with one attached hydrogen (secondary N) is 1. The number of hydrogen-bond acceptors (Lipinski definition) is 2. The Kier molecular flexibility index (Phi) is 3.47. The predicted octanol–water partition coefficient (Wildman–Crippen LogP) is 4.34. The Morgan fingerprint density at radius 1 is 1.00 bits per heavy atom. The van der Waals surface area contributed by atoms with Crippen molar-refractivity contribution in [3.05, 3.63) is 70.4 Å². The molecule has 130 valence electrons. The number of fused-ring (bicyclic) bond motifs is 2. The van der Waals surface area contributed by atoms with Gasteiger partial charge in [-0.2, -0.15) is 0 Å². The largest absolute Gasteiger partial charge is 0.623 e. The predicted molar refractivity (Wildman–Crippen MR) is 103 cm³/mol. The fourth-order valence-electron chi connectivity index (χ4n) is 4.27. The molecule has 0 saturated carbocycles. The van der Waals surface area contributed by atoms with Crippen molar-refractivity contribution in [1.29, 1.82) is 0 Å². The average Bonchev–Trinajstić information content (AvgIpc) is 2.61. The quantitative estimate of drug-likeness (QED) is 0.622. The Morgan fingerprint density at radius 3 is 2.48 bits per heavy atom. The first-order valence-corrected chi connectivity index (χ1v) is 9.10. The third-order valence-corrected chi connectivity index (χ3v) is 6.54. The van der Waals surface area contributed by atoms with Gasteiger partial charge in [0.25, 0.3) is 0 Å². The van der Waals surface area contributed by atoms with Gasteiger partial charge < -0.3 is 10.5 Å². The normalized spacial score (nSPS) is 23.4. The minimum Gasteiger partial charge on any atom is -0.623 e. The third kappa shape index (κ3) is 2.21. The smallest absolute Gasteiger partial charge is 0.200 e. The van der Waals surface area contributed by atoms with Gasteiger partial charge in [0.15, 0.2) is 11.3 Å². The number of benzene rings is 2. The molecule has 0 aromatic heterocycles. The summed E-state index contributed by atoms with van der Waals surface area (Å²) in [5, 5.41) is 17.0. The van der Waals surface area contributed by atoms with E-state index in [1.165, 1.54) is 21.6 Å². The summed E-state index contributed by atoms with van der Waals surface area (Å²) in [5.41, 5.74) is 5.11. The van der Waals surface area contributed by atoms with Gasteiger partial charge in [-0.1, -0.05) is 36.4 Å². The molecule has 2 heterocycles. The maximum atomic E-state index is 13.5. The van der Waals surface area contributed by atoms with Gasteiger partial charge in [0.1, 0.15) is 0 Å². The van der Waals surface area contributed by atoms with E-state index >= 15 is 0 Å². The number of anilines is 1. The minimum atomic E-state index is -0.492. The van der Waals surface area contributed by atoms with Crippen LogP contribution in [0.15, 0.2) is 48.5 Å².